The molecule has 0 spiro atoms. The Morgan fingerprint density at radius 1 is 1.09 bits per heavy atom. The predicted octanol–water partition coefficient (Wildman–Crippen LogP) is 4.82. The van der Waals surface area contributed by atoms with Gasteiger partial charge in [-0.1, -0.05) is 29.3 Å². The van der Waals surface area contributed by atoms with E-state index >= 15 is 0 Å². The topological polar surface area (TPSA) is 66.9 Å². The lowest BCUT2D eigenvalue weighted by molar-refractivity contribution is 0.0475. The second-order valence-corrected chi connectivity index (χ2v) is 9.21. The van der Waals surface area contributed by atoms with Gasteiger partial charge in [0.25, 0.3) is 17.7 Å². The van der Waals surface area contributed by atoms with Crippen molar-refractivity contribution in [1.29, 1.82) is 0 Å². The number of halogens is 2. The van der Waals surface area contributed by atoms with E-state index in [1.165, 1.54) is 11.0 Å². The Hall–Kier alpha value is -2.41. The van der Waals surface area contributed by atoms with Gasteiger partial charge < -0.3 is 9.64 Å². The number of amides is 3. The molecule has 1 fully saturated rings. The van der Waals surface area contributed by atoms with Gasteiger partial charge in [0.2, 0.25) is 0 Å². The molecule has 4 rings (SSSR count). The van der Waals surface area contributed by atoms with Crippen LogP contribution in [0.2, 0.25) is 10.0 Å². The van der Waals surface area contributed by atoms with Gasteiger partial charge in [0.05, 0.1) is 33.8 Å². The second-order valence-electron chi connectivity index (χ2n) is 8.39. The number of carbonyl (C=O) groups excluding carboxylic acids is 3. The predicted molar refractivity (Wildman–Crippen MR) is 122 cm³/mol. The Kier molecular flexibility index (Phi) is 6.56. The summed E-state index contributed by atoms with van der Waals surface area (Å²) in [5.41, 5.74) is 1.79. The summed E-state index contributed by atoms with van der Waals surface area (Å²) in [6, 6.07) is 9.86. The number of hydrogen-bond donors (Lipinski definition) is 0. The van der Waals surface area contributed by atoms with Crippen molar-refractivity contribution in [3.63, 3.8) is 0 Å². The quantitative estimate of drug-likeness (QED) is 0.562. The summed E-state index contributed by atoms with van der Waals surface area (Å²) in [6.45, 7) is 5.06. The first-order valence-electron chi connectivity index (χ1n) is 10.6. The number of carbonyl (C=O) groups is 3. The molecule has 6 nitrogen and oxygen atoms in total. The highest BCUT2D eigenvalue weighted by atomic mass is 35.5. The molecule has 2 aromatic rings. The molecular weight excluding hydrogens is 451 g/mol. The summed E-state index contributed by atoms with van der Waals surface area (Å²) >= 11 is 12.1. The molecule has 0 aromatic heterocycles. The lowest BCUT2D eigenvalue weighted by atomic mass is 10.0. The van der Waals surface area contributed by atoms with E-state index in [-0.39, 0.29) is 42.0 Å². The van der Waals surface area contributed by atoms with Crippen LogP contribution >= 0.6 is 23.2 Å². The fourth-order valence-electron chi connectivity index (χ4n) is 4.07. The zero-order valence-corrected chi connectivity index (χ0v) is 19.4. The number of fused-ring (bicyclic) bond motifs is 1. The maximum Gasteiger partial charge on any atom is 0.261 e. The SMILES string of the molecule is CC(C)N(Cc1ccc(Cl)c(Cl)c1)C(=O)c1ccc2c(c1)C(=O)N(CC1CCCO1)C2=O. The molecule has 0 saturated carbocycles. The molecule has 1 saturated heterocycles. The van der Waals surface area contributed by atoms with E-state index in [9.17, 15) is 14.4 Å². The summed E-state index contributed by atoms with van der Waals surface area (Å²) in [5.74, 6) is -0.946. The Morgan fingerprint density at radius 3 is 2.50 bits per heavy atom. The van der Waals surface area contributed by atoms with Crippen molar-refractivity contribution in [1.82, 2.24) is 9.80 Å². The molecule has 0 N–H and O–H groups in total. The second kappa shape index (κ2) is 9.22. The molecule has 1 atom stereocenters. The van der Waals surface area contributed by atoms with Gasteiger partial charge >= 0.3 is 0 Å². The van der Waals surface area contributed by atoms with Gasteiger partial charge in [-0.3, -0.25) is 19.3 Å². The molecule has 2 aromatic carbocycles. The van der Waals surface area contributed by atoms with Gasteiger partial charge in [-0.25, -0.2) is 0 Å². The average molecular weight is 475 g/mol. The van der Waals surface area contributed by atoms with Crippen molar-refractivity contribution in [2.24, 2.45) is 0 Å². The first-order chi connectivity index (χ1) is 15.3. The number of ether oxygens (including phenoxy) is 1. The molecular formula is C24H24Cl2N2O4. The summed E-state index contributed by atoms with van der Waals surface area (Å²) in [5, 5.41) is 0.875. The molecule has 8 heteroatoms. The van der Waals surface area contributed by atoms with Crippen LogP contribution in [0.5, 0.6) is 0 Å². The van der Waals surface area contributed by atoms with Gasteiger partial charge in [-0.05, 0) is 62.6 Å². The molecule has 0 aliphatic carbocycles. The van der Waals surface area contributed by atoms with Gasteiger partial charge in [0.15, 0.2) is 0 Å². The Labute approximate surface area is 197 Å². The molecule has 2 aliphatic rings. The molecule has 3 amide bonds. The van der Waals surface area contributed by atoms with Crippen molar-refractivity contribution in [2.45, 2.75) is 45.4 Å². The molecule has 2 aliphatic heterocycles. The highest BCUT2D eigenvalue weighted by Crippen LogP contribution is 2.28. The van der Waals surface area contributed by atoms with Gasteiger partial charge in [-0.15, -0.1) is 0 Å². The Bertz CT molecular complexity index is 1080. The van der Waals surface area contributed by atoms with Crippen LogP contribution in [-0.2, 0) is 11.3 Å². The molecule has 0 radical (unpaired) electrons. The number of rotatable bonds is 6. The highest BCUT2D eigenvalue weighted by Gasteiger charge is 2.38. The monoisotopic (exact) mass is 474 g/mol. The van der Waals surface area contributed by atoms with Gasteiger partial charge in [-0.2, -0.15) is 0 Å². The van der Waals surface area contributed by atoms with Crippen molar-refractivity contribution in [3.8, 4) is 0 Å². The zero-order valence-electron chi connectivity index (χ0n) is 17.9. The van der Waals surface area contributed by atoms with Crippen molar-refractivity contribution >= 4 is 40.9 Å². The summed E-state index contributed by atoms with van der Waals surface area (Å²) in [7, 11) is 0. The fraction of sp³-hybridized carbons (Fsp3) is 0.375. The van der Waals surface area contributed by atoms with Crippen LogP contribution in [-0.4, -0.2) is 52.8 Å². The normalized spacial score (nSPS) is 17.9. The third-order valence-corrected chi connectivity index (χ3v) is 6.59. The molecule has 32 heavy (non-hydrogen) atoms. The largest absolute Gasteiger partial charge is 0.376 e. The number of hydrogen-bond acceptors (Lipinski definition) is 4. The minimum absolute atomic E-state index is 0.0986. The number of nitrogens with zero attached hydrogens (tertiary/aromatic N) is 2. The third-order valence-electron chi connectivity index (χ3n) is 5.85. The summed E-state index contributed by atoms with van der Waals surface area (Å²) < 4.78 is 5.58. The van der Waals surface area contributed by atoms with Crippen molar-refractivity contribution in [3.05, 3.63) is 68.7 Å². The first kappa shape index (κ1) is 22.8. The van der Waals surface area contributed by atoms with Crippen LogP contribution in [0.25, 0.3) is 0 Å². The summed E-state index contributed by atoms with van der Waals surface area (Å²) in [6.07, 6.45) is 1.63. The molecule has 1 unspecified atom stereocenters. The highest BCUT2D eigenvalue weighted by molar-refractivity contribution is 6.42. The van der Waals surface area contributed by atoms with Crippen LogP contribution in [0, 0.1) is 0 Å². The van der Waals surface area contributed by atoms with E-state index in [0.29, 0.717) is 34.3 Å². The smallest absolute Gasteiger partial charge is 0.261 e. The maximum atomic E-state index is 13.3. The lowest BCUT2D eigenvalue weighted by Crippen LogP contribution is -2.37. The standard InChI is InChI=1S/C24H24Cl2N2O4/c1-14(2)27(12-15-5-8-20(25)21(26)10-15)22(29)16-6-7-18-19(11-16)24(31)28(23(18)30)13-17-4-3-9-32-17/h5-8,10-11,14,17H,3-4,9,12-13H2,1-2H3. The van der Waals surface area contributed by atoms with Gasteiger partial charge in [0.1, 0.15) is 0 Å². The van der Waals surface area contributed by atoms with Crippen molar-refractivity contribution < 1.29 is 19.1 Å². The van der Waals surface area contributed by atoms with E-state index < -0.39 is 0 Å². The van der Waals surface area contributed by atoms with Crippen LogP contribution in [0.4, 0.5) is 0 Å². The first-order valence-corrected chi connectivity index (χ1v) is 11.4. The average Bonchev–Trinajstić information content (AvgIpc) is 3.36. The number of imide groups is 1. The van der Waals surface area contributed by atoms with E-state index in [1.807, 2.05) is 19.9 Å². The van der Waals surface area contributed by atoms with Crippen LogP contribution in [0.3, 0.4) is 0 Å². The fourth-order valence-corrected chi connectivity index (χ4v) is 4.39. The summed E-state index contributed by atoms with van der Waals surface area (Å²) in [4.78, 5) is 41.9. The van der Waals surface area contributed by atoms with Crippen LogP contribution in [0.1, 0.15) is 63.3 Å². The Balaban J connectivity index is 1.56. The third kappa shape index (κ3) is 4.40. The van der Waals surface area contributed by atoms with Crippen LogP contribution < -0.4 is 0 Å². The zero-order chi connectivity index (χ0) is 23.0. The molecule has 168 valence electrons. The van der Waals surface area contributed by atoms with Crippen LogP contribution in [0.15, 0.2) is 36.4 Å². The van der Waals surface area contributed by atoms with Crippen molar-refractivity contribution in [2.75, 3.05) is 13.2 Å². The van der Waals surface area contributed by atoms with E-state index in [0.717, 1.165) is 18.4 Å². The molecule has 0 bridgehead atoms. The van der Waals surface area contributed by atoms with E-state index in [1.54, 1.807) is 29.2 Å². The molecule has 2 heterocycles. The lowest BCUT2D eigenvalue weighted by Gasteiger charge is -2.27. The number of benzene rings is 2. The minimum Gasteiger partial charge on any atom is -0.376 e. The minimum atomic E-state index is -0.379. The van der Waals surface area contributed by atoms with E-state index in [2.05, 4.69) is 0 Å². The van der Waals surface area contributed by atoms with E-state index in [4.69, 9.17) is 27.9 Å². The van der Waals surface area contributed by atoms with Gasteiger partial charge in [0, 0.05) is 24.8 Å². The Morgan fingerprint density at radius 2 is 1.84 bits per heavy atom. The maximum absolute atomic E-state index is 13.3.